The van der Waals surface area contributed by atoms with Crippen molar-refractivity contribution in [2.75, 3.05) is 26.7 Å². The fraction of sp³-hybridized carbons (Fsp3) is 0.632. The lowest BCUT2D eigenvalue weighted by Gasteiger charge is -2.20. The zero-order chi connectivity index (χ0) is 20.0. The van der Waals surface area contributed by atoms with Crippen LogP contribution in [0.2, 0.25) is 0 Å². The Balaban J connectivity index is 0.00000392. The van der Waals surface area contributed by atoms with Gasteiger partial charge >= 0.3 is 6.18 Å². The van der Waals surface area contributed by atoms with Crippen LogP contribution in [0.4, 0.5) is 13.2 Å². The van der Waals surface area contributed by atoms with Crippen molar-refractivity contribution in [3.63, 3.8) is 0 Å². The monoisotopic (exact) mass is 514 g/mol. The van der Waals surface area contributed by atoms with Gasteiger partial charge in [-0.05, 0) is 38.8 Å². The predicted molar refractivity (Wildman–Crippen MR) is 117 cm³/mol. The summed E-state index contributed by atoms with van der Waals surface area (Å²) in [6.07, 6.45) is -3.43. The molecule has 0 bridgehead atoms. The Morgan fingerprint density at radius 3 is 2.68 bits per heavy atom. The summed E-state index contributed by atoms with van der Waals surface area (Å²) in [5.74, 6) is 1.40. The normalized spacial score (nSPS) is 18.1. The van der Waals surface area contributed by atoms with Gasteiger partial charge in [-0.2, -0.15) is 13.2 Å². The van der Waals surface area contributed by atoms with E-state index in [9.17, 15) is 13.2 Å². The van der Waals surface area contributed by atoms with Crippen molar-refractivity contribution in [3.05, 3.63) is 29.3 Å². The first-order valence-electron chi connectivity index (χ1n) is 9.18. The molecule has 1 saturated heterocycles. The second-order valence-corrected chi connectivity index (χ2v) is 7.18. The lowest BCUT2D eigenvalue weighted by Crippen LogP contribution is -2.45. The van der Waals surface area contributed by atoms with E-state index in [-0.39, 0.29) is 36.1 Å². The highest BCUT2D eigenvalue weighted by Gasteiger charge is 2.34. The molecule has 1 atom stereocenters. The highest BCUT2D eigenvalue weighted by atomic mass is 127. The molecule has 0 spiro atoms. The van der Waals surface area contributed by atoms with Crippen molar-refractivity contribution >= 4 is 29.9 Å². The third-order valence-corrected chi connectivity index (χ3v) is 4.27. The quantitative estimate of drug-likeness (QED) is 0.346. The van der Waals surface area contributed by atoms with Crippen LogP contribution < -0.4 is 15.4 Å². The molecule has 0 radical (unpaired) electrons. The molecule has 2 rings (SSSR count). The predicted octanol–water partition coefficient (Wildman–Crippen LogP) is 3.70. The number of alkyl halides is 3. The molecule has 1 aromatic rings. The van der Waals surface area contributed by atoms with E-state index in [1.807, 2.05) is 39.0 Å². The lowest BCUT2D eigenvalue weighted by molar-refractivity contribution is -0.143. The van der Waals surface area contributed by atoms with E-state index >= 15 is 0 Å². The lowest BCUT2D eigenvalue weighted by atomic mass is 10.1. The number of nitrogens with one attached hydrogen (secondary N) is 2. The number of hydrogen-bond acceptors (Lipinski definition) is 3. The maximum Gasteiger partial charge on any atom is 0.401 e. The average Bonchev–Trinajstić information content (AvgIpc) is 2.97. The van der Waals surface area contributed by atoms with E-state index in [0.717, 1.165) is 16.9 Å². The minimum absolute atomic E-state index is 0. The Labute approximate surface area is 182 Å². The molecule has 1 unspecified atom stereocenters. The molecule has 160 valence electrons. The number of hydrogen-bond donors (Lipinski definition) is 2. The Morgan fingerprint density at radius 1 is 1.36 bits per heavy atom. The van der Waals surface area contributed by atoms with Crippen molar-refractivity contribution in [1.82, 2.24) is 15.5 Å². The fourth-order valence-electron chi connectivity index (χ4n) is 3.09. The Bertz CT molecular complexity index is 653. The molecule has 0 saturated carbocycles. The highest BCUT2D eigenvalue weighted by molar-refractivity contribution is 14.0. The molecule has 0 aliphatic carbocycles. The van der Waals surface area contributed by atoms with Crippen LogP contribution in [0, 0.1) is 6.92 Å². The summed E-state index contributed by atoms with van der Waals surface area (Å²) >= 11 is 0. The first-order valence-corrected chi connectivity index (χ1v) is 9.18. The van der Waals surface area contributed by atoms with Crippen LogP contribution in [-0.4, -0.2) is 55.9 Å². The third kappa shape index (κ3) is 8.42. The summed E-state index contributed by atoms with van der Waals surface area (Å²) < 4.78 is 43.4. The van der Waals surface area contributed by atoms with Crippen molar-refractivity contribution in [2.45, 2.75) is 52.1 Å². The summed E-state index contributed by atoms with van der Waals surface area (Å²) in [5, 5.41) is 6.44. The Hall–Kier alpha value is -1.23. The molecule has 1 aromatic carbocycles. The van der Waals surface area contributed by atoms with E-state index in [1.165, 1.54) is 4.90 Å². The number of ether oxygens (including phenoxy) is 1. The zero-order valence-electron chi connectivity index (χ0n) is 16.8. The smallest absolute Gasteiger partial charge is 0.401 e. The number of benzene rings is 1. The van der Waals surface area contributed by atoms with Crippen molar-refractivity contribution in [2.24, 2.45) is 4.99 Å². The van der Waals surface area contributed by atoms with Gasteiger partial charge in [-0.15, -0.1) is 24.0 Å². The number of guanidine groups is 1. The second-order valence-electron chi connectivity index (χ2n) is 7.18. The molecular weight excluding hydrogens is 484 g/mol. The average molecular weight is 514 g/mol. The molecule has 1 fully saturated rings. The van der Waals surface area contributed by atoms with Crippen LogP contribution in [-0.2, 0) is 6.54 Å². The first-order chi connectivity index (χ1) is 12.7. The number of aryl methyl sites for hydroxylation is 1. The van der Waals surface area contributed by atoms with Crippen molar-refractivity contribution in [1.29, 1.82) is 0 Å². The maximum absolute atomic E-state index is 12.5. The minimum atomic E-state index is -4.16. The van der Waals surface area contributed by atoms with E-state index in [1.54, 1.807) is 7.05 Å². The van der Waals surface area contributed by atoms with Gasteiger partial charge in [0.2, 0.25) is 0 Å². The van der Waals surface area contributed by atoms with Crippen LogP contribution in [0.25, 0.3) is 0 Å². The molecule has 5 nitrogen and oxygen atoms in total. The van der Waals surface area contributed by atoms with Gasteiger partial charge in [0.05, 0.1) is 12.6 Å². The molecule has 0 aromatic heterocycles. The van der Waals surface area contributed by atoms with Crippen LogP contribution in [0.5, 0.6) is 5.75 Å². The van der Waals surface area contributed by atoms with E-state index < -0.39 is 12.7 Å². The molecule has 1 heterocycles. The summed E-state index contributed by atoms with van der Waals surface area (Å²) in [4.78, 5) is 5.60. The van der Waals surface area contributed by atoms with Gasteiger partial charge in [-0.3, -0.25) is 9.89 Å². The molecule has 28 heavy (non-hydrogen) atoms. The number of rotatable bonds is 6. The SMILES string of the molecule is CN=C(NCc1ccc(C)cc1OC(C)C)NC1CCN(CC(F)(F)F)C1.I. The van der Waals surface area contributed by atoms with Gasteiger partial charge in [-0.1, -0.05) is 12.1 Å². The summed E-state index contributed by atoms with van der Waals surface area (Å²) in [6.45, 7) is 6.40. The Kier molecular flexibility index (Phi) is 9.82. The molecule has 2 N–H and O–H groups in total. The second kappa shape index (κ2) is 11.1. The van der Waals surface area contributed by atoms with E-state index in [4.69, 9.17) is 4.74 Å². The maximum atomic E-state index is 12.5. The topological polar surface area (TPSA) is 48.9 Å². The summed E-state index contributed by atoms with van der Waals surface area (Å²) in [5.41, 5.74) is 2.12. The van der Waals surface area contributed by atoms with Gasteiger partial charge in [-0.25, -0.2) is 0 Å². The number of likely N-dealkylation sites (tertiary alicyclic amines) is 1. The van der Waals surface area contributed by atoms with Crippen LogP contribution in [0.3, 0.4) is 0 Å². The van der Waals surface area contributed by atoms with Gasteiger partial charge in [0, 0.05) is 38.3 Å². The summed E-state index contributed by atoms with van der Waals surface area (Å²) in [6, 6.07) is 5.97. The molecular formula is C19H30F3IN4O. The number of nitrogens with zero attached hydrogens (tertiary/aromatic N) is 2. The van der Waals surface area contributed by atoms with E-state index in [0.29, 0.717) is 32.0 Å². The molecule has 0 amide bonds. The van der Waals surface area contributed by atoms with Crippen molar-refractivity contribution < 1.29 is 17.9 Å². The highest BCUT2D eigenvalue weighted by Crippen LogP contribution is 2.22. The van der Waals surface area contributed by atoms with Gasteiger partial charge in [0.1, 0.15) is 5.75 Å². The van der Waals surface area contributed by atoms with Crippen LogP contribution >= 0.6 is 24.0 Å². The molecule has 1 aliphatic heterocycles. The van der Waals surface area contributed by atoms with Gasteiger partial charge in [0.15, 0.2) is 5.96 Å². The summed E-state index contributed by atoms with van der Waals surface area (Å²) in [7, 11) is 1.65. The fourth-order valence-corrected chi connectivity index (χ4v) is 3.09. The number of halogens is 4. The molecule has 1 aliphatic rings. The first kappa shape index (κ1) is 24.8. The van der Waals surface area contributed by atoms with Gasteiger partial charge in [0.25, 0.3) is 0 Å². The van der Waals surface area contributed by atoms with E-state index in [2.05, 4.69) is 15.6 Å². The van der Waals surface area contributed by atoms with Gasteiger partial charge < -0.3 is 15.4 Å². The largest absolute Gasteiger partial charge is 0.491 e. The third-order valence-electron chi connectivity index (χ3n) is 4.27. The van der Waals surface area contributed by atoms with Crippen LogP contribution in [0.1, 0.15) is 31.4 Å². The minimum Gasteiger partial charge on any atom is -0.491 e. The van der Waals surface area contributed by atoms with Crippen molar-refractivity contribution in [3.8, 4) is 5.75 Å². The standard InChI is InChI=1S/C19H29F3N4O.HI/c1-13(2)27-17-9-14(3)5-6-15(17)10-24-18(23-4)25-16-7-8-26(11-16)12-19(20,21)22;/h5-6,9,13,16H,7-8,10-12H2,1-4H3,(H2,23,24,25);1H. The zero-order valence-corrected chi connectivity index (χ0v) is 19.1. The Morgan fingerprint density at radius 2 is 2.07 bits per heavy atom. The van der Waals surface area contributed by atoms with Crippen LogP contribution in [0.15, 0.2) is 23.2 Å². The number of aliphatic imine (C=N–C) groups is 1. The molecule has 9 heteroatoms.